The minimum atomic E-state index is -0.0548. The smallest absolute Gasteiger partial charge is 0.212 e. The lowest BCUT2D eigenvalue weighted by Crippen LogP contribution is -2.15. The van der Waals surface area contributed by atoms with Crippen LogP contribution in [0.5, 0.6) is 0 Å². The van der Waals surface area contributed by atoms with E-state index in [0.717, 1.165) is 5.69 Å². The molecule has 0 atom stereocenters. The van der Waals surface area contributed by atoms with Crippen LogP contribution in [0.4, 0.5) is 5.69 Å². The Balaban J connectivity index is 2.29. The van der Waals surface area contributed by atoms with Gasteiger partial charge in [-0.15, -0.1) is 0 Å². The van der Waals surface area contributed by atoms with E-state index in [-0.39, 0.29) is 5.78 Å². The number of benzene rings is 1. The van der Waals surface area contributed by atoms with Crippen molar-refractivity contribution in [3.05, 3.63) is 46.2 Å². The zero-order chi connectivity index (χ0) is 15.4. The Kier molecular flexibility index (Phi) is 5.14. The molecule has 0 saturated carbocycles. The molecule has 1 aromatic carbocycles. The van der Waals surface area contributed by atoms with Crippen LogP contribution >= 0.6 is 15.9 Å². The number of hydrogen-bond donors (Lipinski definition) is 0. The van der Waals surface area contributed by atoms with Crippen LogP contribution in [0.1, 0.15) is 16.1 Å². The van der Waals surface area contributed by atoms with Gasteiger partial charge in [-0.1, -0.05) is 0 Å². The van der Waals surface area contributed by atoms with Crippen molar-refractivity contribution in [1.29, 1.82) is 0 Å². The Hall–Kier alpha value is -1.66. The summed E-state index contributed by atoms with van der Waals surface area (Å²) < 4.78 is 7.40. The van der Waals surface area contributed by atoms with Crippen molar-refractivity contribution < 1.29 is 9.53 Å². The summed E-state index contributed by atoms with van der Waals surface area (Å²) >= 11 is 3.39. The van der Waals surface area contributed by atoms with E-state index in [9.17, 15) is 4.79 Å². The van der Waals surface area contributed by atoms with Gasteiger partial charge in [0.05, 0.1) is 23.8 Å². The molecular formula is C15H18BrN3O2. The van der Waals surface area contributed by atoms with Gasteiger partial charge in [0.15, 0.2) is 0 Å². The molecule has 0 spiro atoms. The summed E-state index contributed by atoms with van der Waals surface area (Å²) in [6.07, 6.45) is 1.64. The van der Waals surface area contributed by atoms with Crippen LogP contribution in [-0.2, 0) is 11.3 Å². The van der Waals surface area contributed by atoms with Gasteiger partial charge in [-0.05, 0) is 40.2 Å². The zero-order valence-electron chi connectivity index (χ0n) is 12.3. The lowest BCUT2D eigenvalue weighted by molar-refractivity contribution is 0.102. The fourth-order valence-corrected chi connectivity index (χ4v) is 2.46. The van der Waals surface area contributed by atoms with Crippen LogP contribution < -0.4 is 4.90 Å². The van der Waals surface area contributed by atoms with Crippen LogP contribution in [0, 0.1) is 0 Å². The van der Waals surface area contributed by atoms with Crippen LogP contribution in [0.25, 0.3) is 0 Å². The Labute approximate surface area is 132 Å². The zero-order valence-corrected chi connectivity index (χ0v) is 13.9. The van der Waals surface area contributed by atoms with Gasteiger partial charge in [-0.2, -0.15) is 5.10 Å². The van der Waals surface area contributed by atoms with Gasteiger partial charge in [-0.25, -0.2) is 0 Å². The topological polar surface area (TPSA) is 47.4 Å². The molecule has 5 nitrogen and oxygen atoms in total. The summed E-state index contributed by atoms with van der Waals surface area (Å²) in [4.78, 5) is 14.6. The summed E-state index contributed by atoms with van der Waals surface area (Å²) in [6, 6.07) is 7.52. The Morgan fingerprint density at radius 3 is 2.57 bits per heavy atom. The number of rotatable bonds is 6. The predicted octanol–water partition coefficient (Wildman–Crippen LogP) is 2.59. The van der Waals surface area contributed by atoms with Crippen molar-refractivity contribution >= 4 is 27.4 Å². The van der Waals surface area contributed by atoms with Crippen molar-refractivity contribution in [1.82, 2.24) is 9.78 Å². The molecule has 0 saturated heterocycles. The maximum atomic E-state index is 12.6. The molecular weight excluding hydrogens is 334 g/mol. The first-order chi connectivity index (χ1) is 10.0. The highest BCUT2D eigenvalue weighted by Gasteiger charge is 2.18. The first kappa shape index (κ1) is 15.7. The van der Waals surface area contributed by atoms with Gasteiger partial charge in [0.25, 0.3) is 0 Å². The number of halogens is 1. The van der Waals surface area contributed by atoms with Crippen molar-refractivity contribution in [2.45, 2.75) is 6.54 Å². The number of carbonyl (C=O) groups excluding carboxylic acids is 1. The number of hydrogen-bond acceptors (Lipinski definition) is 4. The number of aromatic nitrogens is 2. The number of ketones is 1. The second-order valence-corrected chi connectivity index (χ2v) is 5.68. The normalized spacial score (nSPS) is 10.7. The number of anilines is 1. The van der Waals surface area contributed by atoms with Gasteiger partial charge in [-0.3, -0.25) is 9.48 Å². The van der Waals surface area contributed by atoms with E-state index in [1.54, 1.807) is 18.0 Å². The average molecular weight is 352 g/mol. The monoisotopic (exact) mass is 351 g/mol. The maximum absolute atomic E-state index is 12.6. The van der Waals surface area contributed by atoms with Crippen molar-refractivity contribution in [2.75, 3.05) is 32.7 Å². The minimum absolute atomic E-state index is 0.0548. The quantitative estimate of drug-likeness (QED) is 0.750. The molecule has 0 aliphatic carbocycles. The summed E-state index contributed by atoms with van der Waals surface area (Å²) in [6.45, 7) is 1.05. The van der Waals surface area contributed by atoms with E-state index < -0.39 is 0 Å². The number of methoxy groups -OCH3 is 1. The number of carbonyl (C=O) groups is 1. The first-order valence-electron chi connectivity index (χ1n) is 6.57. The minimum Gasteiger partial charge on any atom is -0.383 e. The van der Waals surface area contributed by atoms with E-state index >= 15 is 0 Å². The Morgan fingerprint density at radius 1 is 1.33 bits per heavy atom. The van der Waals surface area contributed by atoms with Gasteiger partial charge in [0.2, 0.25) is 5.78 Å². The fraction of sp³-hybridized carbons (Fsp3) is 0.333. The third-order valence-corrected chi connectivity index (χ3v) is 3.74. The maximum Gasteiger partial charge on any atom is 0.212 e. The second kappa shape index (κ2) is 6.87. The SMILES string of the molecule is COCCn1ncc(Br)c1C(=O)c1ccc(N(C)C)cc1. The summed E-state index contributed by atoms with van der Waals surface area (Å²) in [5.41, 5.74) is 2.24. The molecule has 1 heterocycles. The van der Waals surface area contributed by atoms with E-state index in [0.29, 0.717) is 28.9 Å². The van der Waals surface area contributed by atoms with E-state index in [1.165, 1.54) is 0 Å². The van der Waals surface area contributed by atoms with Crippen LogP contribution in [0.15, 0.2) is 34.9 Å². The average Bonchev–Trinajstić information content (AvgIpc) is 2.85. The fourth-order valence-electron chi connectivity index (χ4n) is 1.98. The Bertz CT molecular complexity index is 620. The molecule has 0 bridgehead atoms. The third kappa shape index (κ3) is 3.51. The molecule has 0 fully saturated rings. The molecule has 2 rings (SSSR count). The van der Waals surface area contributed by atoms with E-state index in [4.69, 9.17) is 4.74 Å². The summed E-state index contributed by atoms with van der Waals surface area (Å²) in [5, 5.41) is 4.21. The third-order valence-electron chi connectivity index (χ3n) is 3.16. The van der Waals surface area contributed by atoms with Gasteiger partial charge in [0.1, 0.15) is 5.69 Å². The van der Waals surface area contributed by atoms with Crippen LogP contribution in [0.3, 0.4) is 0 Å². The first-order valence-corrected chi connectivity index (χ1v) is 7.36. The van der Waals surface area contributed by atoms with E-state index in [2.05, 4.69) is 21.0 Å². The summed E-state index contributed by atoms with van der Waals surface area (Å²) in [7, 11) is 5.56. The van der Waals surface area contributed by atoms with Gasteiger partial charge in [0, 0.05) is 32.5 Å². The predicted molar refractivity (Wildman–Crippen MR) is 86.0 cm³/mol. The molecule has 0 aliphatic rings. The number of nitrogens with zero attached hydrogens (tertiary/aromatic N) is 3. The highest BCUT2D eigenvalue weighted by molar-refractivity contribution is 9.10. The van der Waals surface area contributed by atoms with Crippen molar-refractivity contribution in [3.63, 3.8) is 0 Å². The summed E-state index contributed by atoms with van der Waals surface area (Å²) in [5.74, 6) is -0.0548. The van der Waals surface area contributed by atoms with Crippen LogP contribution in [-0.4, -0.2) is 43.4 Å². The molecule has 6 heteroatoms. The molecule has 0 unspecified atom stereocenters. The molecule has 1 aromatic heterocycles. The molecule has 21 heavy (non-hydrogen) atoms. The lowest BCUT2D eigenvalue weighted by Gasteiger charge is -2.12. The molecule has 0 aliphatic heterocycles. The highest BCUT2D eigenvalue weighted by atomic mass is 79.9. The molecule has 2 aromatic rings. The lowest BCUT2D eigenvalue weighted by atomic mass is 10.1. The molecule has 0 amide bonds. The van der Waals surface area contributed by atoms with Gasteiger partial charge < -0.3 is 9.64 Å². The molecule has 112 valence electrons. The highest BCUT2D eigenvalue weighted by Crippen LogP contribution is 2.21. The van der Waals surface area contributed by atoms with Crippen molar-refractivity contribution in [2.24, 2.45) is 0 Å². The van der Waals surface area contributed by atoms with Crippen LogP contribution in [0.2, 0.25) is 0 Å². The van der Waals surface area contributed by atoms with E-state index in [1.807, 2.05) is 43.3 Å². The van der Waals surface area contributed by atoms with Crippen molar-refractivity contribution in [3.8, 4) is 0 Å². The molecule has 0 radical (unpaired) electrons. The largest absolute Gasteiger partial charge is 0.383 e. The standard InChI is InChI=1S/C15H18BrN3O2/c1-18(2)12-6-4-11(5-7-12)15(20)14-13(16)10-17-19(14)8-9-21-3/h4-7,10H,8-9H2,1-3H3. The number of ether oxygens (including phenoxy) is 1. The second-order valence-electron chi connectivity index (χ2n) is 4.83. The van der Waals surface area contributed by atoms with Gasteiger partial charge >= 0.3 is 0 Å². The Morgan fingerprint density at radius 2 is 2.00 bits per heavy atom. The molecule has 0 N–H and O–H groups in total.